The minimum atomic E-state index is -4.68. The van der Waals surface area contributed by atoms with Gasteiger partial charge in [-0.2, -0.15) is 13.2 Å². The lowest BCUT2D eigenvalue weighted by atomic mass is 10.1. The van der Waals surface area contributed by atoms with E-state index in [2.05, 4.69) is 10.1 Å². The molecule has 35 heavy (non-hydrogen) atoms. The molecule has 0 spiro atoms. The van der Waals surface area contributed by atoms with E-state index in [1.807, 2.05) is 0 Å². The van der Waals surface area contributed by atoms with Gasteiger partial charge in [-0.3, -0.25) is 4.79 Å². The molecular weight excluding hydrogens is 471 g/mol. The molecule has 0 radical (unpaired) electrons. The van der Waals surface area contributed by atoms with Crippen LogP contribution < -0.4 is 5.32 Å². The molecule has 0 fully saturated rings. The number of anilines is 1. The number of carbonyl (C=O) groups excluding carboxylic acids is 2. The van der Waals surface area contributed by atoms with Gasteiger partial charge in [0.15, 0.2) is 0 Å². The normalized spacial score (nSPS) is 11.5. The first-order valence-corrected chi connectivity index (χ1v) is 10.2. The summed E-state index contributed by atoms with van der Waals surface area (Å²) in [6.07, 6.45) is -3.43. The Morgan fingerprint density at radius 3 is 2.26 bits per heavy atom. The Bertz CT molecular complexity index is 1460. The molecule has 1 amide bonds. The fourth-order valence-corrected chi connectivity index (χ4v) is 3.66. The third kappa shape index (κ3) is 4.59. The van der Waals surface area contributed by atoms with E-state index in [1.165, 1.54) is 53.9 Å². The number of alkyl halides is 3. The smallest absolute Gasteiger partial charge is 0.418 e. The number of rotatable bonds is 4. The van der Waals surface area contributed by atoms with Crippen LogP contribution in [0.3, 0.4) is 0 Å². The Labute approximate surface area is 195 Å². The van der Waals surface area contributed by atoms with Gasteiger partial charge in [0.2, 0.25) is 0 Å². The summed E-state index contributed by atoms with van der Waals surface area (Å²) in [6, 6.07) is 10.8. The molecule has 4 rings (SSSR count). The molecule has 0 atom stereocenters. The van der Waals surface area contributed by atoms with E-state index in [0.717, 1.165) is 19.2 Å². The quantitative estimate of drug-likeness (QED) is 0.273. The number of nitrogens with one attached hydrogen (secondary N) is 1. The molecule has 0 bridgehead atoms. The average Bonchev–Trinajstić information content (AvgIpc) is 3.20. The van der Waals surface area contributed by atoms with Gasteiger partial charge in [-0.25, -0.2) is 13.6 Å². The summed E-state index contributed by atoms with van der Waals surface area (Å²) < 4.78 is 74.8. The van der Waals surface area contributed by atoms with E-state index in [-0.39, 0.29) is 39.2 Å². The summed E-state index contributed by atoms with van der Waals surface area (Å²) >= 11 is 0. The molecule has 2 aromatic carbocycles. The number of halogens is 5. The largest absolute Gasteiger partial charge is 0.465 e. The molecule has 0 saturated carbocycles. The van der Waals surface area contributed by atoms with Gasteiger partial charge < -0.3 is 14.5 Å². The molecule has 0 aliphatic carbocycles. The number of benzene rings is 2. The number of carbonyl (C=O) groups is 2. The van der Waals surface area contributed by atoms with E-state index < -0.39 is 35.3 Å². The summed E-state index contributed by atoms with van der Waals surface area (Å²) in [7, 11) is 1.16. The van der Waals surface area contributed by atoms with Crippen molar-refractivity contribution in [1.82, 2.24) is 4.40 Å². The van der Waals surface area contributed by atoms with Gasteiger partial charge in [-0.1, -0.05) is 12.1 Å². The highest BCUT2D eigenvalue weighted by Crippen LogP contribution is 2.39. The lowest BCUT2D eigenvalue weighted by molar-refractivity contribution is -0.137. The molecule has 4 aromatic rings. The topological polar surface area (TPSA) is 59.8 Å². The van der Waals surface area contributed by atoms with Gasteiger partial charge in [-0.05, 0) is 54.4 Å². The van der Waals surface area contributed by atoms with Crippen molar-refractivity contribution >= 4 is 23.1 Å². The van der Waals surface area contributed by atoms with Crippen molar-refractivity contribution in [1.29, 1.82) is 0 Å². The summed E-state index contributed by atoms with van der Waals surface area (Å²) in [5, 5.41) is 2.44. The summed E-state index contributed by atoms with van der Waals surface area (Å²) in [5.74, 6) is -3.39. The standard InChI is InChI=1S/C25H17F5N2O3/c1-13-9-18(21(27)11-20(13)26)23(33)31-16-6-3-14(4-7-16)22-19(25(28,29)30)10-17-8-5-15(12-32(17)22)24(34)35-2/h3-12H,1-2H3,(H,31,33). The summed E-state index contributed by atoms with van der Waals surface area (Å²) in [5.41, 5.74) is -0.814. The lowest BCUT2D eigenvalue weighted by Crippen LogP contribution is -2.14. The fourth-order valence-electron chi connectivity index (χ4n) is 3.66. The average molecular weight is 488 g/mol. The maximum absolute atomic E-state index is 14.0. The second-order valence-corrected chi connectivity index (χ2v) is 7.72. The number of pyridine rings is 1. The Morgan fingerprint density at radius 2 is 1.63 bits per heavy atom. The van der Waals surface area contributed by atoms with Gasteiger partial charge in [0.05, 0.1) is 29.5 Å². The number of nitrogens with zero attached hydrogens (tertiary/aromatic N) is 1. The van der Waals surface area contributed by atoms with Crippen molar-refractivity contribution in [2.75, 3.05) is 12.4 Å². The fraction of sp³-hybridized carbons (Fsp3) is 0.120. The Kier molecular flexibility index (Phi) is 6.06. The predicted octanol–water partition coefficient (Wildman–Crippen LogP) is 6.25. The molecule has 0 unspecified atom stereocenters. The number of aromatic nitrogens is 1. The van der Waals surface area contributed by atoms with Crippen LogP contribution in [0.25, 0.3) is 16.8 Å². The minimum Gasteiger partial charge on any atom is -0.465 e. The van der Waals surface area contributed by atoms with Gasteiger partial charge in [0.1, 0.15) is 11.6 Å². The first-order chi connectivity index (χ1) is 16.5. The lowest BCUT2D eigenvalue weighted by Gasteiger charge is -2.12. The van der Waals surface area contributed by atoms with Crippen molar-refractivity contribution in [2.24, 2.45) is 0 Å². The number of ether oxygens (including phenoxy) is 1. The molecule has 0 aliphatic rings. The molecule has 10 heteroatoms. The van der Waals surface area contributed by atoms with Crippen LogP contribution in [-0.2, 0) is 10.9 Å². The van der Waals surface area contributed by atoms with E-state index in [9.17, 15) is 31.5 Å². The Balaban J connectivity index is 1.72. The van der Waals surface area contributed by atoms with Crippen LogP contribution in [0.15, 0.2) is 60.8 Å². The van der Waals surface area contributed by atoms with Gasteiger partial charge in [-0.15, -0.1) is 0 Å². The second kappa shape index (κ2) is 8.86. The van der Waals surface area contributed by atoms with Crippen molar-refractivity contribution in [3.05, 3.63) is 94.7 Å². The number of aryl methyl sites for hydroxylation is 1. The molecule has 5 nitrogen and oxygen atoms in total. The highest BCUT2D eigenvalue weighted by molar-refractivity contribution is 6.04. The maximum atomic E-state index is 14.0. The molecule has 2 heterocycles. The number of hydrogen-bond acceptors (Lipinski definition) is 3. The second-order valence-electron chi connectivity index (χ2n) is 7.72. The van der Waals surface area contributed by atoms with Crippen LogP contribution in [0.2, 0.25) is 0 Å². The number of amides is 1. The Hall–Kier alpha value is -4.21. The van der Waals surface area contributed by atoms with Crippen molar-refractivity contribution in [3.63, 3.8) is 0 Å². The first kappa shape index (κ1) is 23.9. The van der Waals surface area contributed by atoms with Crippen LogP contribution in [0, 0.1) is 18.6 Å². The highest BCUT2D eigenvalue weighted by atomic mass is 19.4. The third-order valence-corrected chi connectivity index (χ3v) is 5.40. The zero-order valence-electron chi connectivity index (χ0n) is 18.3. The van der Waals surface area contributed by atoms with E-state index in [4.69, 9.17) is 0 Å². The molecule has 2 aromatic heterocycles. The van der Waals surface area contributed by atoms with Gasteiger partial charge >= 0.3 is 12.1 Å². The van der Waals surface area contributed by atoms with E-state index >= 15 is 0 Å². The molecule has 1 N–H and O–H groups in total. The van der Waals surface area contributed by atoms with Crippen molar-refractivity contribution < 1.29 is 36.3 Å². The van der Waals surface area contributed by atoms with Crippen LogP contribution in [0.5, 0.6) is 0 Å². The highest BCUT2D eigenvalue weighted by Gasteiger charge is 2.36. The number of hydrogen-bond donors (Lipinski definition) is 1. The summed E-state index contributed by atoms with van der Waals surface area (Å²) in [4.78, 5) is 24.3. The predicted molar refractivity (Wildman–Crippen MR) is 118 cm³/mol. The van der Waals surface area contributed by atoms with Gasteiger partial charge in [0.25, 0.3) is 5.91 Å². The molecule has 0 aliphatic heterocycles. The maximum Gasteiger partial charge on any atom is 0.418 e. The minimum absolute atomic E-state index is 0.0612. The molecule has 180 valence electrons. The van der Waals surface area contributed by atoms with E-state index in [1.54, 1.807) is 0 Å². The van der Waals surface area contributed by atoms with Gasteiger partial charge in [0, 0.05) is 23.5 Å². The number of fused-ring (bicyclic) bond motifs is 1. The SMILES string of the molecule is COC(=O)c1ccc2cc(C(F)(F)F)c(-c3ccc(NC(=O)c4cc(C)c(F)cc4F)cc3)n2c1. The van der Waals surface area contributed by atoms with Crippen LogP contribution in [0.4, 0.5) is 27.6 Å². The van der Waals surface area contributed by atoms with Crippen molar-refractivity contribution in [3.8, 4) is 11.3 Å². The summed E-state index contributed by atoms with van der Waals surface area (Å²) in [6.45, 7) is 1.38. The Morgan fingerprint density at radius 1 is 0.943 bits per heavy atom. The van der Waals surface area contributed by atoms with E-state index in [0.29, 0.717) is 6.07 Å². The van der Waals surface area contributed by atoms with Crippen LogP contribution in [0.1, 0.15) is 31.8 Å². The number of methoxy groups -OCH3 is 1. The van der Waals surface area contributed by atoms with Crippen molar-refractivity contribution in [2.45, 2.75) is 13.1 Å². The zero-order valence-corrected chi connectivity index (χ0v) is 18.3. The van der Waals surface area contributed by atoms with Crippen LogP contribution in [-0.4, -0.2) is 23.4 Å². The third-order valence-electron chi connectivity index (χ3n) is 5.40. The monoisotopic (exact) mass is 488 g/mol. The first-order valence-electron chi connectivity index (χ1n) is 10.2. The molecular formula is C25H17F5N2O3. The molecule has 0 saturated heterocycles. The van der Waals surface area contributed by atoms with Crippen LogP contribution >= 0.6 is 0 Å². The number of esters is 1. The zero-order chi connectivity index (χ0) is 25.5.